The van der Waals surface area contributed by atoms with Crippen molar-refractivity contribution in [1.82, 2.24) is 14.9 Å². The van der Waals surface area contributed by atoms with Crippen LogP contribution in [-0.4, -0.2) is 28.5 Å². The molecule has 3 aromatic rings. The Hall–Kier alpha value is -3.15. The van der Waals surface area contributed by atoms with Gasteiger partial charge in [0.15, 0.2) is 5.82 Å². The van der Waals surface area contributed by atoms with Gasteiger partial charge in [0.05, 0.1) is 11.0 Å². The number of nitrogens with zero attached hydrogens (tertiary/aromatic N) is 3. The third-order valence-electron chi connectivity index (χ3n) is 5.44. The first-order valence-corrected chi connectivity index (χ1v) is 9.66. The highest BCUT2D eigenvalue weighted by Crippen LogP contribution is 2.22. The SMILES string of the molecule is Cn1c(=O)c(N2CCC(C(=O)NCc3ccccc3)CC2)nc2ccccc21. The average molecular weight is 376 g/mol. The molecule has 0 spiro atoms. The molecule has 4 rings (SSSR count). The molecule has 1 saturated heterocycles. The average Bonchev–Trinajstić information content (AvgIpc) is 2.75. The molecule has 0 radical (unpaired) electrons. The Morgan fingerprint density at radius 1 is 1.07 bits per heavy atom. The van der Waals surface area contributed by atoms with Crippen LogP contribution in [0.25, 0.3) is 11.0 Å². The zero-order valence-corrected chi connectivity index (χ0v) is 16.0. The van der Waals surface area contributed by atoms with E-state index in [1.165, 1.54) is 0 Å². The van der Waals surface area contributed by atoms with Crippen molar-refractivity contribution in [2.45, 2.75) is 19.4 Å². The van der Waals surface area contributed by atoms with Gasteiger partial charge in [0.1, 0.15) is 0 Å². The lowest BCUT2D eigenvalue weighted by Crippen LogP contribution is -2.43. The molecule has 0 unspecified atom stereocenters. The van der Waals surface area contributed by atoms with Gasteiger partial charge in [-0.05, 0) is 30.5 Å². The molecule has 1 aliphatic heterocycles. The monoisotopic (exact) mass is 376 g/mol. The van der Waals surface area contributed by atoms with E-state index in [0.29, 0.717) is 25.5 Å². The summed E-state index contributed by atoms with van der Waals surface area (Å²) in [7, 11) is 1.78. The highest BCUT2D eigenvalue weighted by atomic mass is 16.2. The lowest BCUT2D eigenvalue weighted by molar-refractivity contribution is -0.125. The lowest BCUT2D eigenvalue weighted by Gasteiger charge is -2.32. The smallest absolute Gasteiger partial charge is 0.293 e. The molecule has 0 saturated carbocycles. The van der Waals surface area contributed by atoms with Crippen LogP contribution in [0.3, 0.4) is 0 Å². The van der Waals surface area contributed by atoms with Crippen LogP contribution < -0.4 is 15.8 Å². The van der Waals surface area contributed by atoms with Crippen molar-refractivity contribution in [3.05, 3.63) is 70.5 Å². The summed E-state index contributed by atoms with van der Waals surface area (Å²) >= 11 is 0. The predicted octanol–water partition coefficient (Wildman–Crippen LogP) is 2.47. The van der Waals surface area contributed by atoms with Crippen molar-refractivity contribution in [3.63, 3.8) is 0 Å². The Kier molecular flexibility index (Phi) is 5.10. The molecule has 144 valence electrons. The Labute approximate surface area is 163 Å². The number of rotatable bonds is 4. The normalized spacial score (nSPS) is 15.0. The molecule has 1 amide bonds. The summed E-state index contributed by atoms with van der Waals surface area (Å²) in [6, 6.07) is 17.6. The number of anilines is 1. The molecule has 6 heteroatoms. The number of nitrogens with one attached hydrogen (secondary N) is 1. The molecule has 28 heavy (non-hydrogen) atoms. The molecular weight excluding hydrogens is 352 g/mol. The van der Waals surface area contributed by atoms with Crippen LogP contribution in [0, 0.1) is 5.92 Å². The number of piperidine rings is 1. The standard InChI is InChI=1S/C22H24N4O2/c1-25-19-10-6-5-9-18(19)24-20(22(25)28)26-13-11-17(12-14-26)21(27)23-15-16-7-3-2-4-8-16/h2-10,17H,11-15H2,1H3,(H,23,27). The van der Waals surface area contributed by atoms with Gasteiger partial charge in [-0.25, -0.2) is 4.98 Å². The number of para-hydroxylation sites is 2. The van der Waals surface area contributed by atoms with Gasteiger partial charge in [0.2, 0.25) is 5.91 Å². The number of carbonyl (C=O) groups is 1. The summed E-state index contributed by atoms with van der Waals surface area (Å²) < 4.78 is 1.65. The number of carbonyl (C=O) groups excluding carboxylic acids is 1. The molecular formula is C22H24N4O2. The predicted molar refractivity (Wildman–Crippen MR) is 110 cm³/mol. The topological polar surface area (TPSA) is 67.2 Å². The van der Waals surface area contributed by atoms with Crippen LogP contribution in [0.4, 0.5) is 5.82 Å². The van der Waals surface area contributed by atoms with E-state index in [-0.39, 0.29) is 17.4 Å². The van der Waals surface area contributed by atoms with Gasteiger partial charge >= 0.3 is 0 Å². The van der Waals surface area contributed by atoms with Crippen LogP contribution in [0.15, 0.2) is 59.4 Å². The maximum atomic E-state index is 12.7. The molecule has 0 aliphatic carbocycles. The van der Waals surface area contributed by atoms with E-state index in [4.69, 9.17) is 0 Å². The maximum absolute atomic E-state index is 12.7. The van der Waals surface area contributed by atoms with Gasteiger partial charge in [0.25, 0.3) is 5.56 Å². The van der Waals surface area contributed by atoms with E-state index < -0.39 is 0 Å². The second-order valence-electron chi connectivity index (χ2n) is 7.25. The van der Waals surface area contributed by atoms with E-state index in [1.807, 2.05) is 59.5 Å². The van der Waals surface area contributed by atoms with E-state index in [1.54, 1.807) is 11.6 Å². The molecule has 1 aromatic heterocycles. The van der Waals surface area contributed by atoms with E-state index in [9.17, 15) is 9.59 Å². The first-order chi connectivity index (χ1) is 13.6. The van der Waals surface area contributed by atoms with Crippen LogP contribution in [0.2, 0.25) is 0 Å². The number of hydrogen-bond donors (Lipinski definition) is 1. The first-order valence-electron chi connectivity index (χ1n) is 9.66. The molecule has 0 bridgehead atoms. The molecule has 1 fully saturated rings. The second kappa shape index (κ2) is 7.84. The summed E-state index contributed by atoms with van der Waals surface area (Å²) in [5.41, 5.74) is 2.64. The van der Waals surface area contributed by atoms with Gasteiger partial charge in [-0.3, -0.25) is 9.59 Å². The number of amides is 1. The third-order valence-corrected chi connectivity index (χ3v) is 5.44. The van der Waals surface area contributed by atoms with E-state index in [0.717, 1.165) is 29.4 Å². The van der Waals surface area contributed by atoms with Gasteiger partial charge in [0, 0.05) is 32.6 Å². The molecule has 1 aliphatic rings. The van der Waals surface area contributed by atoms with Crippen molar-refractivity contribution in [1.29, 1.82) is 0 Å². The summed E-state index contributed by atoms with van der Waals surface area (Å²) in [5.74, 6) is 0.538. The van der Waals surface area contributed by atoms with Crippen LogP contribution >= 0.6 is 0 Å². The van der Waals surface area contributed by atoms with Crippen LogP contribution in [0.5, 0.6) is 0 Å². The van der Waals surface area contributed by atoms with Crippen molar-refractivity contribution in [2.24, 2.45) is 13.0 Å². The number of aryl methyl sites for hydroxylation is 1. The lowest BCUT2D eigenvalue weighted by atomic mass is 9.96. The number of benzene rings is 2. The Balaban J connectivity index is 1.41. The van der Waals surface area contributed by atoms with Gasteiger partial charge in [-0.1, -0.05) is 42.5 Å². The summed E-state index contributed by atoms with van der Waals surface area (Å²) in [6.07, 6.45) is 1.44. The highest BCUT2D eigenvalue weighted by Gasteiger charge is 2.27. The zero-order valence-electron chi connectivity index (χ0n) is 16.0. The van der Waals surface area contributed by atoms with Crippen LogP contribution in [0.1, 0.15) is 18.4 Å². The number of aromatic nitrogens is 2. The number of hydrogen-bond acceptors (Lipinski definition) is 4. The van der Waals surface area contributed by atoms with Crippen molar-refractivity contribution < 1.29 is 4.79 Å². The first kappa shape index (κ1) is 18.2. The summed E-state index contributed by atoms with van der Waals surface area (Å²) in [5, 5.41) is 3.03. The largest absolute Gasteiger partial charge is 0.352 e. The van der Waals surface area contributed by atoms with Crippen molar-refractivity contribution in [3.8, 4) is 0 Å². The Bertz CT molecular complexity index is 1040. The van der Waals surface area contributed by atoms with Crippen molar-refractivity contribution >= 4 is 22.8 Å². The van der Waals surface area contributed by atoms with Crippen LogP contribution in [-0.2, 0) is 18.4 Å². The molecule has 1 N–H and O–H groups in total. The van der Waals surface area contributed by atoms with E-state index >= 15 is 0 Å². The van der Waals surface area contributed by atoms with Gasteiger partial charge in [-0.15, -0.1) is 0 Å². The Morgan fingerprint density at radius 3 is 2.50 bits per heavy atom. The molecule has 6 nitrogen and oxygen atoms in total. The second-order valence-corrected chi connectivity index (χ2v) is 7.25. The number of fused-ring (bicyclic) bond motifs is 1. The molecule has 2 heterocycles. The minimum atomic E-state index is -0.0920. The maximum Gasteiger partial charge on any atom is 0.293 e. The van der Waals surface area contributed by atoms with Crippen molar-refractivity contribution in [2.75, 3.05) is 18.0 Å². The summed E-state index contributed by atoms with van der Waals surface area (Å²) in [6.45, 7) is 1.86. The zero-order chi connectivity index (χ0) is 19.5. The Morgan fingerprint density at radius 2 is 1.75 bits per heavy atom. The molecule has 0 atom stereocenters. The quantitative estimate of drug-likeness (QED) is 0.760. The summed E-state index contributed by atoms with van der Waals surface area (Å²) in [4.78, 5) is 31.8. The fourth-order valence-corrected chi connectivity index (χ4v) is 3.75. The third kappa shape index (κ3) is 3.63. The highest BCUT2D eigenvalue weighted by molar-refractivity contribution is 5.79. The minimum Gasteiger partial charge on any atom is -0.352 e. The fraction of sp³-hybridized carbons (Fsp3) is 0.318. The fourth-order valence-electron chi connectivity index (χ4n) is 3.75. The van der Waals surface area contributed by atoms with Gasteiger partial charge < -0.3 is 14.8 Å². The van der Waals surface area contributed by atoms with Gasteiger partial charge in [-0.2, -0.15) is 0 Å². The minimum absolute atomic E-state index is 0.0238. The van der Waals surface area contributed by atoms with E-state index in [2.05, 4.69) is 10.3 Å². The molecule has 2 aromatic carbocycles.